The molecule has 3 heteroatoms. The van der Waals surface area contributed by atoms with Gasteiger partial charge >= 0.3 is 0 Å². The Morgan fingerprint density at radius 2 is 1.62 bits per heavy atom. The summed E-state index contributed by atoms with van der Waals surface area (Å²) < 4.78 is 1.89. The Hall–Kier alpha value is -2.55. The molecule has 3 rings (SSSR count). The van der Waals surface area contributed by atoms with E-state index < -0.39 is 0 Å². The molecule has 3 nitrogen and oxygen atoms in total. The average Bonchev–Trinajstić information content (AvgIpc) is 2.77. The molecule has 21 heavy (non-hydrogen) atoms. The van der Waals surface area contributed by atoms with Gasteiger partial charge in [-0.2, -0.15) is 5.10 Å². The van der Waals surface area contributed by atoms with Crippen LogP contribution in [0.3, 0.4) is 0 Å². The number of aryl methyl sites for hydroxylation is 2. The number of hydrogen-bond acceptors (Lipinski definition) is 2. The lowest BCUT2D eigenvalue weighted by Gasteiger charge is -2.08. The first-order valence-electron chi connectivity index (χ1n) is 7.09. The molecule has 0 atom stereocenters. The van der Waals surface area contributed by atoms with E-state index in [0.29, 0.717) is 6.54 Å². The van der Waals surface area contributed by atoms with Crippen molar-refractivity contribution < 1.29 is 0 Å². The maximum Gasteiger partial charge on any atom is 0.130 e. The zero-order chi connectivity index (χ0) is 14.8. The first-order valence-corrected chi connectivity index (χ1v) is 7.09. The number of nitrogens with zero attached hydrogens (tertiary/aromatic N) is 2. The molecule has 0 spiro atoms. The number of nitrogens with two attached hydrogens (primary N) is 1. The smallest absolute Gasteiger partial charge is 0.130 e. The molecule has 0 unspecified atom stereocenters. The van der Waals surface area contributed by atoms with Gasteiger partial charge in [-0.05, 0) is 30.5 Å². The summed E-state index contributed by atoms with van der Waals surface area (Å²) >= 11 is 0. The Morgan fingerprint density at radius 1 is 0.952 bits per heavy atom. The number of aromatic nitrogens is 2. The Balaban J connectivity index is 2.01. The fourth-order valence-corrected chi connectivity index (χ4v) is 2.63. The topological polar surface area (TPSA) is 43.8 Å². The van der Waals surface area contributed by atoms with E-state index in [0.717, 1.165) is 22.6 Å². The first-order chi connectivity index (χ1) is 10.2. The SMILES string of the molecule is Cc1ccccc1Cn1nc(C)c(-c2ccccc2)c1N. The van der Waals surface area contributed by atoms with E-state index in [9.17, 15) is 0 Å². The summed E-state index contributed by atoms with van der Waals surface area (Å²) in [7, 11) is 0. The molecule has 0 aliphatic rings. The quantitative estimate of drug-likeness (QED) is 0.791. The molecule has 0 saturated carbocycles. The normalized spacial score (nSPS) is 10.8. The van der Waals surface area contributed by atoms with Gasteiger partial charge in [0.25, 0.3) is 0 Å². The molecule has 0 radical (unpaired) electrons. The van der Waals surface area contributed by atoms with Crippen LogP contribution in [0.15, 0.2) is 54.6 Å². The van der Waals surface area contributed by atoms with E-state index in [4.69, 9.17) is 5.73 Å². The Labute approximate surface area is 125 Å². The Bertz CT molecular complexity index is 757. The van der Waals surface area contributed by atoms with Crippen LogP contribution in [0.4, 0.5) is 5.82 Å². The van der Waals surface area contributed by atoms with Crippen LogP contribution in [0, 0.1) is 13.8 Å². The van der Waals surface area contributed by atoms with Gasteiger partial charge in [0.15, 0.2) is 0 Å². The summed E-state index contributed by atoms with van der Waals surface area (Å²) in [4.78, 5) is 0. The van der Waals surface area contributed by atoms with E-state index in [2.05, 4.69) is 36.3 Å². The summed E-state index contributed by atoms with van der Waals surface area (Å²) in [5, 5.41) is 4.61. The third-order valence-electron chi connectivity index (χ3n) is 3.81. The van der Waals surface area contributed by atoms with Gasteiger partial charge in [0.2, 0.25) is 0 Å². The highest BCUT2D eigenvalue weighted by Crippen LogP contribution is 2.29. The number of hydrogen-bond donors (Lipinski definition) is 1. The maximum absolute atomic E-state index is 6.33. The predicted molar refractivity (Wildman–Crippen MR) is 87.1 cm³/mol. The summed E-state index contributed by atoms with van der Waals surface area (Å²) in [5.74, 6) is 0.724. The van der Waals surface area contributed by atoms with Gasteiger partial charge in [0.05, 0.1) is 12.2 Å². The lowest BCUT2D eigenvalue weighted by Crippen LogP contribution is -2.07. The predicted octanol–water partition coefficient (Wildman–Crippen LogP) is 3.80. The van der Waals surface area contributed by atoms with Crippen molar-refractivity contribution in [2.45, 2.75) is 20.4 Å². The lowest BCUT2D eigenvalue weighted by atomic mass is 10.1. The van der Waals surface area contributed by atoms with Crippen molar-refractivity contribution in [1.82, 2.24) is 9.78 Å². The van der Waals surface area contributed by atoms with E-state index in [1.165, 1.54) is 11.1 Å². The highest BCUT2D eigenvalue weighted by atomic mass is 15.3. The third kappa shape index (κ3) is 2.55. The maximum atomic E-state index is 6.33. The van der Waals surface area contributed by atoms with Gasteiger partial charge in [-0.15, -0.1) is 0 Å². The largest absolute Gasteiger partial charge is 0.383 e. The molecule has 0 aliphatic heterocycles. The van der Waals surface area contributed by atoms with Crippen LogP contribution in [0.25, 0.3) is 11.1 Å². The molecule has 1 aromatic heterocycles. The van der Waals surface area contributed by atoms with Crippen molar-refractivity contribution in [2.24, 2.45) is 0 Å². The van der Waals surface area contributed by atoms with E-state index in [1.807, 2.05) is 41.9 Å². The molecule has 0 bridgehead atoms. The zero-order valence-electron chi connectivity index (χ0n) is 12.4. The van der Waals surface area contributed by atoms with Gasteiger partial charge in [0, 0.05) is 5.56 Å². The lowest BCUT2D eigenvalue weighted by molar-refractivity contribution is 0.686. The Kier molecular flexibility index (Phi) is 3.48. The third-order valence-corrected chi connectivity index (χ3v) is 3.81. The zero-order valence-corrected chi connectivity index (χ0v) is 12.4. The molecule has 0 aliphatic carbocycles. The number of anilines is 1. The van der Waals surface area contributed by atoms with E-state index in [1.54, 1.807) is 0 Å². The second kappa shape index (κ2) is 5.44. The van der Waals surface area contributed by atoms with Crippen LogP contribution >= 0.6 is 0 Å². The highest BCUT2D eigenvalue weighted by Gasteiger charge is 2.14. The van der Waals surface area contributed by atoms with Crippen molar-refractivity contribution in [2.75, 3.05) is 5.73 Å². The molecular weight excluding hydrogens is 258 g/mol. The van der Waals surface area contributed by atoms with Gasteiger partial charge in [-0.3, -0.25) is 0 Å². The molecule has 0 saturated heterocycles. The van der Waals surface area contributed by atoms with Crippen LogP contribution in [0.1, 0.15) is 16.8 Å². The number of nitrogen functional groups attached to an aromatic ring is 1. The summed E-state index contributed by atoms with van der Waals surface area (Å²) in [6, 6.07) is 18.5. The molecule has 0 amide bonds. The van der Waals surface area contributed by atoms with Crippen molar-refractivity contribution in [3.8, 4) is 11.1 Å². The summed E-state index contributed by atoms with van der Waals surface area (Å²) in [6.07, 6.45) is 0. The molecular formula is C18H19N3. The second-order valence-electron chi connectivity index (χ2n) is 5.30. The molecule has 3 aromatic rings. The van der Waals surface area contributed by atoms with Crippen LogP contribution in [0.2, 0.25) is 0 Å². The van der Waals surface area contributed by atoms with Crippen molar-refractivity contribution in [1.29, 1.82) is 0 Å². The van der Waals surface area contributed by atoms with E-state index >= 15 is 0 Å². The van der Waals surface area contributed by atoms with Gasteiger partial charge in [-0.1, -0.05) is 54.6 Å². The number of benzene rings is 2. The summed E-state index contributed by atoms with van der Waals surface area (Å²) in [5.41, 5.74) is 11.9. The fourth-order valence-electron chi connectivity index (χ4n) is 2.63. The minimum Gasteiger partial charge on any atom is -0.383 e. The minimum absolute atomic E-state index is 0.701. The van der Waals surface area contributed by atoms with Crippen molar-refractivity contribution >= 4 is 5.82 Å². The standard InChI is InChI=1S/C18H19N3/c1-13-8-6-7-11-16(13)12-21-18(19)17(14(2)20-21)15-9-4-3-5-10-15/h3-11H,12,19H2,1-2H3. The van der Waals surface area contributed by atoms with Crippen LogP contribution in [0.5, 0.6) is 0 Å². The number of rotatable bonds is 3. The second-order valence-corrected chi connectivity index (χ2v) is 5.30. The van der Waals surface area contributed by atoms with Crippen LogP contribution < -0.4 is 5.73 Å². The molecule has 106 valence electrons. The molecule has 2 N–H and O–H groups in total. The van der Waals surface area contributed by atoms with Crippen molar-refractivity contribution in [3.63, 3.8) is 0 Å². The van der Waals surface area contributed by atoms with Gasteiger partial charge < -0.3 is 5.73 Å². The molecule has 2 aromatic carbocycles. The molecule has 1 heterocycles. The van der Waals surface area contributed by atoms with Crippen LogP contribution in [-0.4, -0.2) is 9.78 Å². The first kappa shape index (κ1) is 13.4. The van der Waals surface area contributed by atoms with Gasteiger partial charge in [-0.25, -0.2) is 4.68 Å². The average molecular weight is 277 g/mol. The molecule has 0 fully saturated rings. The van der Waals surface area contributed by atoms with Gasteiger partial charge in [0.1, 0.15) is 5.82 Å². The highest BCUT2D eigenvalue weighted by molar-refractivity contribution is 5.76. The Morgan fingerprint density at radius 3 is 2.33 bits per heavy atom. The van der Waals surface area contributed by atoms with Crippen molar-refractivity contribution in [3.05, 3.63) is 71.4 Å². The van der Waals surface area contributed by atoms with E-state index in [-0.39, 0.29) is 0 Å². The fraction of sp³-hybridized carbons (Fsp3) is 0.167. The van der Waals surface area contributed by atoms with Crippen LogP contribution in [-0.2, 0) is 6.54 Å². The summed E-state index contributed by atoms with van der Waals surface area (Å²) in [6.45, 7) is 4.82. The minimum atomic E-state index is 0.701. The monoisotopic (exact) mass is 277 g/mol.